The van der Waals surface area contributed by atoms with Gasteiger partial charge in [0.1, 0.15) is 0 Å². The van der Waals surface area contributed by atoms with Crippen LogP contribution in [0.4, 0.5) is 0 Å². The van der Waals surface area contributed by atoms with Crippen LogP contribution in [0, 0.1) is 13.8 Å². The zero-order valence-electron chi connectivity index (χ0n) is 16.3. The minimum Gasteiger partial charge on any atom is -0.355 e. The number of aliphatic imine (C=N–C) groups is 1. The van der Waals surface area contributed by atoms with Crippen molar-refractivity contribution in [2.75, 3.05) is 13.6 Å². The number of aryl methyl sites for hydroxylation is 1. The summed E-state index contributed by atoms with van der Waals surface area (Å²) in [5.41, 5.74) is 4.72. The van der Waals surface area contributed by atoms with Crippen LogP contribution in [-0.4, -0.2) is 33.9 Å². The molecule has 0 aliphatic rings. The molecule has 6 heteroatoms. The Bertz CT molecular complexity index is 862. The van der Waals surface area contributed by atoms with Crippen molar-refractivity contribution in [3.8, 4) is 0 Å². The molecule has 0 aliphatic heterocycles. The van der Waals surface area contributed by atoms with E-state index in [2.05, 4.69) is 75.4 Å². The molecule has 3 rings (SSSR count). The first-order chi connectivity index (χ1) is 13.2. The lowest BCUT2D eigenvalue weighted by Crippen LogP contribution is -2.38. The number of hydrogen-bond acceptors (Lipinski definition) is 2. The van der Waals surface area contributed by atoms with E-state index in [9.17, 15) is 0 Å². The number of hydrogen-bond donors (Lipinski definition) is 2. The molecular weight excluding hydrogens is 336 g/mol. The largest absolute Gasteiger partial charge is 0.355 e. The zero-order chi connectivity index (χ0) is 19.1. The number of benzene rings is 1. The highest BCUT2D eigenvalue weighted by Gasteiger charge is 2.12. The number of aromatic nitrogens is 3. The molecule has 142 valence electrons. The van der Waals surface area contributed by atoms with E-state index in [1.54, 1.807) is 7.05 Å². The van der Waals surface area contributed by atoms with Gasteiger partial charge in [0.15, 0.2) is 5.96 Å². The van der Waals surface area contributed by atoms with Crippen LogP contribution in [0.25, 0.3) is 0 Å². The topological polar surface area (TPSA) is 59.2 Å². The van der Waals surface area contributed by atoms with Crippen LogP contribution in [-0.2, 0) is 19.6 Å². The summed E-state index contributed by atoms with van der Waals surface area (Å²) in [5.74, 6) is 0.803. The Morgan fingerprint density at radius 3 is 2.48 bits per heavy atom. The van der Waals surface area contributed by atoms with Crippen molar-refractivity contribution in [3.63, 3.8) is 0 Å². The monoisotopic (exact) mass is 364 g/mol. The van der Waals surface area contributed by atoms with Gasteiger partial charge in [-0.05, 0) is 31.5 Å². The lowest BCUT2D eigenvalue weighted by atomic mass is 10.2. The van der Waals surface area contributed by atoms with Gasteiger partial charge in [-0.15, -0.1) is 0 Å². The Kier molecular flexibility index (Phi) is 6.30. The molecule has 0 saturated carbocycles. The maximum Gasteiger partial charge on any atom is 0.191 e. The fourth-order valence-corrected chi connectivity index (χ4v) is 3.12. The van der Waals surface area contributed by atoms with Crippen molar-refractivity contribution in [2.24, 2.45) is 4.99 Å². The van der Waals surface area contributed by atoms with E-state index in [0.29, 0.717) is 6.54 Å². The first kappa shape index (κ1) is 18.8. The maximum atomic E-state index is 4.72. The molecule has 0 atom stereocenters. The van der Waals surface area contributed by atoms with Crippen molar-refractivity contribution >= 4 is 5.96 Å². The average molecular weight is 364 g/mol. The van der Waals surface area contributed by atoms with Crippen molar-refractivity contribution in [1.82, 2.24) is 25.0 Å². The summed E-state index contributed by atoms with van der Waals surface area (Å²) in [6.07, 6.45) is 4.12. The minimum atomic E-state index is 0.704. The van der Waals surface area contributed by atoms with Gasteiger partial charge < -0.3 is 15.2 Å². The van der Waals surface area contributed by atoms with Gasteiger partial charge in [-0.3, -0.25) is 9.67 Å². The van der Waals surface area contributed by atoms with Crippen molar-refractivity contribution in [2.45, 2.75) is 33.5 Å². The standard InChI is InChI=1S/C21H28N6/c1-17-20(18(2)27(25-17)16-19-9-5-4-6-10-19)15-24-21(22-3)23-11-14-26-12-7-8-13-26/h4-10,12-13H,11,14-16H2,1-3H3,(H2,22,23,24). The predicted octanol–water partition coefficient (Wildman–Crippen LogP) is 2.71. The second-order valence-corrected chi connectivity index (χ2v) is 6.57. The third-order valence-corrected chi connectivity index (χ3v) is 4.69. The van der Waals surface area contributed by atoms with E-state index in [0.717, 1.165) is 31.3 Å². The van der Waals surface area contributed by atoms with Crippen LogP contribution in [0.2, 0.25) is 0 Å². The van der Waals surface area contributed by atoms with Crippen LogP contribution < -0.4 is 10.6 Å². The van der Waals surface area contributed by atoms with Gasteiger partial charge in [0.25, 0.3) is 0 Å². The predicted molar refractivity (Wildman–Crippen MR) is 110 cm³/mol. The van der Waals surface area contributed by atoms with E-state index in [1.807, 2.05) is 18.2 Å². The van der Waals surface area contributed by atoms with Crippen LogP contribution >= 0.6 is 0 Å². The van der Waals surface area contributed by atoms with Gasteiger partial charge in [-0.1, -0.05) is 30.3 Å². The van der Waals surface area contributed by atoms with Gasteiger partial charge >= 0.3 is 0 Å². The summed E-state index contributed by atoms with van der Waals surface area (Å²) in [4.78, 5) is 4.31. The van der Waals surface area contributed by atoms with Gasteiger partial charge in [-0.2, -0.15) is 5.10 Å². The molecular formula is C21H28N6. The van der Waals surface area contributed by atoms with Gasteiger partial charge in [0.2, 0.25) is 0 Å². The molecule has 0 radical (unpaired) electrons. The second kappa shape index (κ2) is 9.07. The lowest BCUT2D eigenvalue weighted by Gasteiger charge is -2.13. The van der Waals surface area contributed by atoms with Gasteiger partial charge in [0, 0.05) is 50.3 Å². The Balaban J connectivity index is 1.56. The third kappa shape index (κ3) is 5.00. The summed E-state index contributed by atoms with van der Waals surface area (Å²) < 4.78 is 4.21. The molecule has 3 aromatic rings. The molecule has 0 amide bonds. The van der Waals surface area contributed by atoms with Crippen LogP contribution in [0.3, 0.4) is 0 Å². The highest BCUT2D eigenvalue weighted by atomic mass is 15.3. The van der Waals surface area contributed by atoms with E-state index in [-0.39, 0.29) is 0 Å². The minimum absolute atomic E-state index is 0.704. The van der Waals surface area contributed by atoms with Gasteiger partial charge in [-0.25, -0.2) is 0 Å². The molecule has 2 heterocycles. The molecule has 0 saturated heterocycles. The van der Waals surface area contributed by atoms with Gasteiger partial charge in [0.05, 0.1) is 12.2 Å². The molecule has 0 aliphatic carbocycles. The zero-order valence-corrected chi connectivity index (χ0v) is 16.3. The summed E-state index contributed by atoms with van der Waals surface area (Å²) in [6, 6.07) is 14.5. The lowest BCUT2D eigenvalue weighted by molar-refractivity contribution is 0.656. The van der Waals surface area contributed by atoms with E-state index < -0.39 is 0 Å². The Labute approximate surface area is 160 Å². The Morgan fingerprint density at radius 2 is 1.78 bits per heavy atom. The SMILES string of the molecule is CN=C(NCCn1cccc1)NCc1c(C)nn(Cc2ccccc2)c1C. The van der Waals surface area contributed by atoms with Crippen molar-refractivity contribution < 1.29 is 0 Å². The van der Waals surface area contributed by atoms with E-state index in [1.165, 1.54) is 16.8 Å². The second-order valence-electron chi connectivity index (χ2n) is 6.57. The van der Waals surface area contributed by atoms with Crippen LogP contribution in [0.15, 0.2) is 59.9 Å². The van der Waals surface area contributed by atoms with Crippen LogP contribution in [0.1, 0.15) is 22.5 Å². The summed E-state index contributed by atoms with van der Waals surface area (Å²) >= 11 is 0. The maximum absolute atomic E-state index is 4.72. The molecule has 0 fully saturated rings. The summed E-state index contributed by atoms with van der Waals surface area (Å²) in [6.45, 7) is 7.41. The quantitative estimate of drug-likeness (QED) is 0.501. The molecule has 27 heavy (non-hydrogen) atoms. The normalized spacial score (nSPS) is 11.6. The smallest absolute Gasteiger partial charge is 0.191 e. The van der Waals surface area contributed by atoms with Crippen molar-refractivity contribution in [3.05, 3.63) is 77.4 Å². The number of rotatable bonds is 7. The van der Waals surface area contributed by atoms with E-state index >= 15 is 0 Å². The number of guanidine groups is 1. The Hall–Kier alpha value is -3.02. The molecule has 0 spiro atoms. The highest BCUT2D eigenvalue weighted by Crippen LogP contribution is 2.14. The molecule has 1 aromatic carbocycles. The van der Waals surface area contributed by atoms with Crippen LogP contribution in [0.5, 0.6) is 0 Å². The molecule has 2 aromatic heterocycles. The average Bonchev–Trinajstić information content (AvgIpc) is 3.28. The Morgan fingerprint density at radius 1 is 1.04 bits per heavy atom. The summed E-state index contributed by atoms with van der Waals surface area (Å²) in [5, 5.41) is 11.5. The van der Waals surface area contributed by atoms with E-state index in [4.69, 9.17) is 5.10 Å². The molecule has 0 unspecified atom stereocenters. The fraction of sp³-hybridized carbons (Fsp3) is 0.333. The first-order valence-corrected chi connectivity index (χ1v) is 9.29. The van der Waals surface area contributed by atoms with Crippen molar-refractivity contribution in [1.29, 1.82) is 0 Å². The molecule has 2 N–H and O–H groups in total. The number of nitrogens with one attached hydrogen (secondary N) is 2. The molecule has 0 bridgehead atoms. The summed E-state index contributed by atoms with van der Waals surface area (Å²) in [7, 11) is 1.80. The fourth-order valence-electron chi connectivity index (χ4n) is 3.12. The highest BCUT2D eigenvalue weighted by molar-refractivity contribution is 5.79. The number of nitrogens with zero attached hydrogens (tertiary/aromatic N) is 4. The molecule has 6 nitrogen and oxygen atoms in total. The third-order valence-electron chi connectivity index (χ3n) is 4.69. The first-order valence-electron chi connectivity index (χ1n) is 9.29.